The van der Waals surface area contributed by atoms with Gasteiger partial charge in [-0.3, -0.25) is 0 Å². The molecule has 0 N–H and O–H groups in total. The SMILES string of the molecule is Fc1c(C(F)(F)F)ccc2ccccc12. The van der Waals surface area contributed by atoms with Crippen molar-refractivity contribution in [3.63, 3.8) is 0 Å². The van der Waals surface area contributed by atoms with Crippen LogP contribution >= 0.6 is 0 Å². The number of alkyl halides is 3. The molecule has 0 radical (unpaired) electrons. The topological polar surface area (TPSA) is 0 Å². The van der Waals surface area contributed by atoms with Gasteiger partial charge in [0.15, 0.2) is 0 Å². The van der Waals surface area contributed by atoms with Crippen LogP contribution in [0.5, 0.6) is 0 Å². The minimum Gasteiger partial charge on any atom is -0.206 e. The summed E-state index contributed by atoms with van der Waals surface area (Å²) in [7, 11) is 0. The highest BCUT2D eigenvalue weighted by Crippen LogP contribution is 2.34. The molecule has 0 nitrogen and oxygen atoms in total. The molecule has 15 heavy (non-hydrogen) atoms. The summed E-state index contributed by atoms with van der Waals surface area (Å²) in [6.45, 7) is 0. The van der Waals surface area contributed by atoms with Crippen LogP contribution in [0.25, 0.3) is 10.8 Å². The second-order valence-corrected chi connectivity index (χ2v) is 3.15. The third-order valence-corrected chi connectivity index (χ3v) is 2.17. The molecule has 0 fully saturated rings. The maximum absolute atomic E-state index is 13.4. The van der Waals surface area contributed by atoms with E-state index in [-0.39, 0.29) is 5.39 Å². The van der Waals surface area contributed by atoms with Gasteiger partial charge in [0.25, 0.3) is 0 Å². The van der Waals surface area contributed by atoms with Crippen LogP contribution in [-0.2, 0) is 6.18 Å². The Morgan fingerprint density at radius 2 is 1.53 bits per heavy atom. The molecule has 0 amide bonds. The van der Waals surface area contributed by atoms with Gasteiger partial charge in [-0.15, -0.1) is 0 Å². The van der Waals surface area contributed by atoms with Crippen LogP contribution in [0.1, 0.15) is 5.56 Å². The summed E-state index contributed by atoms with van der Waals surface area (Å²) < 4.78 is 50.5. The van der Waals surface area contributed by atoms with Crippen molar-refractivity contribution in [1.29, 1.82) is 0 Å². The van der Waals surface area contributed by atoms with E-state index in [4.69, 9.17) is 0 Å². The number of hydrogen-bond acceptors (Lipinski definition) is 0. The first-order chi connectivity index (χ1) is 7.00. The molecule has 0 aliphatic rings. The summed E-state index contributed by atoms with van der Waals surface area (Å²) in [5, 5.41) is 0.454. The second kappa shape index (κ2) is 3.22. The largest absolute Gasteiger partial charge is 0.419 e. The van der Waals surface area contributed by atoms with E-state index in [0.717, 1.165) is 6.07 Å². The highest BCUT2D eigenvalue weighted by Gasteiger charge is 2.34. The third-order valence-electron chi connectivity index (χ3n) is 2.17. The van der Waals surface area contributed by atoms with Gasteiger partial charge in [0.2, 0.25) is 0 Å². The van der Waals surface area contributed by atoms with E-state index in [9.17, 15) is 17.6 Å². The molecule has 2 aromatic carbocycles. The van der Waals surface area contributed by atoms with Crippen LogP contribution in [0.15, 0.2) is 36.4 Å². The number of halogens is 4. The highest BCUT2D eigenvalue weighted by molar-refractivity contribution is 5.83. The first-order valence-electron chi connectivity index (χ1n) is 4.24. The van der Waals surface area contributed by atoms with E-state index in [1.165, 1.54) is 18.2 Å². The summed E-state index contributed by atoms with van der Waals surface area (Å²) in [6, 6.07) is 8.08. The lowest BCUT2D eigenvalue weighted by atomic mass is 10.1. The van der Waals surface area contributed by atoms with Crippen molar-refractivity contribution >= 4 is 10.8 Å². The molecule has 0 saturated carbocycles. The predicted molar refractivity (Wildman–Crippen MR) is 48.9 cm³/mol. The van der Waals surface area contributed by atoms with Crippen molar-refractivity contribution in [2.45, 2.75) is 6.18 Å². The zero-order valence-corrected chi connectivity index (χ0v) is 7.48. The van der Waals surface area contributed by atoms with Crippen molar-refractivity contribution in [3.05, 3.63) is 47.8 Å². The van der Waals surface area contributed by atoms with Gasteiger partial charge in [0.1, 0.15) is 5.82 Å². The minimum atomic E-state index is -4.64. The Balaban J connectivity index is 2.76. The van der Waals surface area contributed by atoms with Gasteiger partial charge in [-0.25, -0.2) is 4.39 Å². The van der Waals surface area contributed by atoms with Crippen LogP contribution in [0, 0.1) is 5.82 Å². The van der Waals surface area contributed by atoms with Gasteiger partial charge in [-0.1, -0.05) is 30.3 Å². The predicted octanol–water partition coefficient (Wildman–Crippen LogP) is 4.00. The summed E-state index contributed by atoms with van der Waals surface area (Å²) in [5.74, 6) is -1.21. The Labute approximate surface area is 83.1 Å². The highest BCUT2D eigenvalue weighted by atomic mass is 19.4. The van der Waals surface area contributed by atoms with Crippen LogP contribution in [0.3, 0.4) is 0 Å². The maximum Gasteiger partial charge on any atom is 0.419 e. The normalized spacial score (nSPS) is 12.0. The molecule has 78 valence electrons. The van der Waals surface area contributed by atoms with Gasteiger partial charge in [-0.05, 0) is 11.5 Å². The van der Waals surface area contributed by atoms with Gasteiger partial charge in [-0.2, -0.15) is 13.2 Å². The molecule has 0 spiro atoms. The molecular formula is C11H6F4. The Kier molecular flexibility index (Phi) is 2.14. The molecule has 2 aromatic rings. The van der Waals surface area contributed by atoms with Crippen molar-refractivity contribution in [2.75, 3.05) is 0 Å². The van der Waals surface area contributed by atoms with Crippen LogP contribution in [0.2, 0.25) is 0 Å². The molecule has 0 bridgehead atoms. The number of rotatable bonds is 0. The molecule has 0 atom stereocenters. The molecule has 0 heterocycles. The van der Waals surface area contributed by atoms with E-state index >= 15 is 0 Å². The molecule has 0 unspecified atom stereocenters. The molecule has 0 aromatic heterocycles. The quantitative estimate of drug-likeness (QED) is 0.581. The third kappa shape index (κ3) is 1.67. The zero-order chi connectivity index (χ0) is 11.1. The number of hydrogen-bond donors (Lipinski definition) is 0. The molecule has 4 heteroatoms. The van der Waals surface area contributed by atoms with E-state index in [0.29, 0.717) is 5.39 Å². The maximum atomic E-state index is 13.4. The lowest BCUT2D eigenvalue weighted by Gasteiger charge is -2.09. The van der Waals surface area contributed by atoms with Crippen molar-refractivity contribution in [1.82, 2.24) is 0 Å². The summed E-state index contributed by atoms with van der Waals surface area (Å²) in [5.41, 5.74) is -1.22. The van der Waals surface area contributed by atoms with Crippen molar-refractivity contribution in [3.8, 4) is 0 Å². The first kappa shape index (κ1) is 9.96. The number of benzene rings is 2. The minimum absolute atomic E-state index is 0.00711. The molecular weight excluding hydrogens is 208 g/mol. The zero-order valence-electron chi connectivity index (χ0n) is 7.48. The Hall–Kier alpha value is -1.58. The standard InChI is InChI=1S/C11H6F4/c12-10-8-4-2-1-3-7(8)5-6-9(10)11(13,14)15/h1-6H. The first-order valence-corrected chi connectivity index (χ1v) is 4.24. The molecule has 0 saturated heterocycles. The van der Waals surface area contributed by atoms with Gasteiger partial charge in [0.05, 0.1) is 5.56 Å². The average molecular weight is 214 g/mol. The summed E-state index contributed by atoms with van der Waals surface area (Å²) in [6.07, 6.45) is -4.64. The smallest absolute Gasteiger partial charge is 0.206 e. The lowest BCUT2D eigenvalue weighted by Crippen LogP contribution is -2.08. The van der Waals surface area contributed by atoms with Crippen molar-refractivity contribution < 1.29 is 17.6 Å². The fourth-order valence-corrected chi connectivity index (χ4v) is 1.45. The van der Waals surface area contributed by atoms with E-state index < -0.39 is 17.6 Å². The molecule has 2 rings (SSSR count). The second-order valence-electron chi connectivity index (χ2n) is 3.15. The summed E-state index contributed by atoms with van der Waals surface area (Å²) >= 11 is 0. The van der Waals surface area contributed by atoms with Crippen LogP contribution in [0.4, 0.5) is 17.6 Å². The monoisotopic (exact) mass is 214 g/mol. The van der Waals surface area contributed by atoms with Crippen LogP contribution in [-0.4, -0.2) is 0 Å². The van der Waals surface area contributed by atoms with Gasteiger partial charge < -0.3 is 0 Å². The Morgan fingerprint density at radius 3 is 2.20 bits per heavy atom. The van der Waals surface area contributed by atoms with Crippen molar-refractivity contribution in [2.24, 2.45) is 0 Å². The molecule has 0 aliphatic carbocycles. The average Bonchev–Trinajstić information content (AvgIpc) is 2.16. The lowest BCUT2D eigenvalue weighted by molar-refractivity contribution is -0.139. The van der Waals surface area contributed by atoms with Gasteiger partial charge in [0, 0.05) is 5.39 Å². The fraction of sp³-hybridized carbons (Fsp3) is 0.0909. The van der Waals surface area contributed by atoms with E-state index in [1.807, 2.05) is 0 Å². The van der Waals surface area contributed by atoms with Gasteiger partial charge >= 0.3 is 6.18 Å². The Morgan fingerprint density at radius 1 is 0.867 bits per heavy atom. The van der Waals surface area contributed by atoms with E-state index in [2.05, 4.69) is 0 Å². The summed E-state index contributed by atoms with van der Waals surface area (Å²) in [4.78, 5) is 0. The van der Waals surface area contributed by atoms with Crippen LogP contribution < -0.4 is 0 Å². The Bertz CT molecular complexity index is 499. The van der Waals surface area contributed by atoms with E-state index in [1.54, 1.807) is 12.1 Å². The fourth-order valence-electron chi connectivity index (χ4n) is 1.45. The number of fused-ring (bicyclic) bond motifs is 1. The molecule has 0 aliphatic heterocycles.